The van der Waals surface area contributed by atoms with Crippen molar-refractivity contribution in [1.29, 1.82) is 0 Å². The molecule has 0 atom stereocenters. The maximum absolute atomic E-state index is 13.0. The third kappa shape index (κ3) is 6.71. The summed E-state index contributed by atoms with van der Waals surface area (Å²) in [5.74, 6) is -1.54. The van der Waals surface area contributed by atoms with Gasteiger partial charge in [-0.25, -0.2) is 14.3 Å². The number of carboxylic acids is 1. The number of halogens is 3. The molecule has 0 aliphatic carbocycles. The van der Waals surface area contributed by atoms with E-state index in [9.17, 15) is 27.9 Å². The van der Waals surface area contributed by atoms with Crippen LogP contribution in [-0.2, 0) is 17.5 Å². The fraction of sp³-hybridized carbons (Fsp3) is 0.450. The first-order valence-corrected chi connectivity index (χ1v) is 9.44. The zero-order valence-corrected chi connectivity index (χ0v) is 17.7. The number of nitrogens with zero attached hydrogens (tertiary/aromatic N) is 3. The minimum absolute atomic E-state index is 0.111. The Balaban J connectivity index is 2.37. The van der Waals surface area contributed by atoms with Crippen LogP contribution in [0, 0.1) is 0 Å². The number of nitrogens with one attached hydrogen (secondary N) is 1. The number of aromatic carboxylic acids is 1. The highest BCUT2D eigenvalue weighted by molar-refractivity contribution is 5.86. The van der Waals surface area contributed by atoms with Crippen LogP contribution in [0.4, 0.5) is 18.0 Å². The molecule has 8 nitrogen and oxygen atoms in total. The lowest BCUT2D eigenvalue weighted by atomic mass is 10.2. The van der Waals surface area contributed by atoms with Gasteiger partial charge in [-0.1, -0.05) is 12.1 Å². The zero-order chi connectivity index (χ0) is 23.4. The number of hydrogen-bond donors (Lipinski definition) is 2. The molecule has 0 aliphatic heterocycles. The Morgan fingerprint density at radius 2 is 1.90 bits per heavy atom. The number of aromatic nitrogens is 2. The minimum atomic E-state index is -4.78. The number of carboxylic acid groups (broad SMARTS) is 1. The average molecular weight is 442 g/mol. The number of carbonyl (C=O) groups is 2. The third-order valence-electron chi connectivity index (χ3n) is 4.03. The second kappa shape index (κ2) is 9.38. The smallest absolute Gasteiger partial charge is 0.435 e. The quantitative estimate of drug-likeness (QED) is 0.681. The molecule has 1 aromatic carbocycles. The van der Waals surface area contributed by atoms with Gasteiger partial charge in [0.05, 0.1) is 5.69 Å². The molecular formula is C20H25F3N4O4. The number of amides is 1. The number of alkyl halides is 3. The van der Waals surface area contributed by atoms with E-state index in [1.54, 1.807) is 40.0 Å². The summed E-state index contributed by atoms with van der Waals surface area (Å²) in [6, 6.07) is 6.63. The van der Waals surface area contributed by atoms with Crippen LogP contribution in [0.2, 0.25) is 0 Å². The number of hydrogen-bond acceptors (Lipinski definition) is 5. The van der Waals surface area contributed by atoms with Gasteiger partial charge in [0.2, 0.25) is 0 Å². The largest absolute Gasteiger partial charge is 0.477 e. The molecule has 0 aliphatic rings. The van der Waals surface area contributed by atoms with Crippen LogP contribution < -0.4 is 5.32 Å². The molecule has 1 heterocycles. The Hall–Kier alpha value is -3.08. The summed E-state index contributed by atoms with van der Waals surface area (Å²) in [5.41, 5.74) is -1.93. The lowest BCUT2D eigenvalue weighted by Gasteiger charge is -2.27. The molecule has 0 saturated carbocycles. The lowest BCUT2D eigenvalue weighted by Crippen LogP contribution is -2.39. The molecule has 0 radical (unpaired) electrons. The number of ether oxygens (including phenoxy) is 1. The molecule has 2 rings (SSSR count). The maximum Gasteiger partial charge on any atom is 0.435 e. The van der Waals surface area contributed by atoms with Crippen molar-refractivity contribution >= 4 is 12.1 Å². The van der Waals surface area contributed by atoms with Crippen LogP contribution in [0.1, 0.15) is 42.5 Å². The predicted molar refractivity (Wildman–Crippen MR) is 106 cm³/mol. The molecule has 1 amide bonds. The van der Waals surface area contributed by atoms with Crippen molar-refractivity contribution in [3.63, 3.8) is 0 Å². The van der Waals surface area contributed by atoms with Gasteiger partial charge in [0, 0.05) is 25.7 Å². The fourth-order valence-electron chi connectivity index (χ4n) is 2.68. The number of rotatable bonds is 7. The number of likely N-dealkylation sites (N-methyl/N-ethyl adjacent to an activating group) is 1. The zero-order valence-electron chi connectivity index (χ0n) is 17.7. The fourth-order valence-corrected chi connectivity index (χ4v) is 2.68. The van der Waals surface area contributed by atoms with Gasteiger partial charge in [0.25, 0.3) is 0 Å². The lowest BCUT2D eigenvalue weighted by molar-refractivity contribution is -0.141. The van der Waals surface area contributed by atoms with Gasteiger partial charge in [0.1, 0.15) is 5.60 Å². The molecule has 0 unspecified atom stereocenters. The normalized spacial score (nSPS) is 12.0. The van der Waals surface area contributed by atoms with Gasteiger partial charge in [-0.3, -0.25) is 0 Å². The van der Waals surface area contributed by atoms with Crippen molar-refractivity contribution in [2.24, 2.45) is 0 Å². The van der Waals surface area contributed by atoms with E-state index in [2.05, 4.69) is 10.4 Å². The Labute approximate surface area is 177 Å². The van der Waals surface area contributed by atoms with Gasteiger partial charge in [0.15, 0.2) is 11.4 Å². The van der Waals surface area contributed by atoms with E-state index >= 15 is 0 Å². The molecule has 0 fully saturated rings. The topological polar surface area (TPSA) is 96.7 Å². The molecule has 1 aromatic heterocycles. The molecule has 2 aromatic rings. The Morgan fingerprint density at radius 3 is 2.45 bits per heavy atom. The summed E-state index contributed by atoms with van der Waals surface area (Å²) >= 11 is 0. The summed E-state index contributed by atoms with van der Waals surface area (Å²) in [6.07, 6.45) is -5.33. The third-order valence-corrected chi connectivity index (χ3v) is 4.03. The van der Waals surface area contributed by atoms with Crippen LogP contribution in [-0.4, -0.2) is 57.6 Å². The van der Waals surface area contributed by atoms with Crippen molar-refractivity contribution in [3.05, 3.63) is 47.3 Å². The van der Waals surface area contributed by atoms with E-state index in [1.165, 1.54) is 17.0 Å². The first-order chi connectivity index (χ1) is 14.3. The van der Waals surface area contributed by atoms with Crippen LogP contribution in [0.15, 0.2) is 30.3 Å². The average Bonchev–Trinajstić information content (AvgIpc) is 3.10. The van der Waals surface area contributed by atoms with Crippen LogP contribution >= 0.6 is 0 Å². The van der Waals surface area contributed by atoms with Gasteiger partial charge in [-0.2, -0.15) is 18.3 Å². The van der Waals surface area contributed by atoms with E-state index in [-0.39, 0.29) is 12.2 Å². The molecule has 11 heteroatoms. The SMILES string of the molecule is CNCCN(Cc1cccc(-n2nc(C(F)(F)F)cc2C(=O)O)c1)C(=O)OC(C)(C)C. The molecule has 0 bridgehead atoms. The minimum Gasteiger partial charge on any atom is -0.477 e. The molecule has 170 valence electrons. The highest BCUT2D eigenvalue weighted by atomic mass is 19.4. The second-order valence-electron chi connectivity index (χ2n) is 7.80. The van der Waals surface area contributed by atoms with Crippen LogP contribution in [0.5, 0.6) is 0 Å². The van der Waals surface area contributed by atoms with E-state index in [1.807, 2.05) is 0 Å². The van der Waals surface area contributed by atoms with Gasteiger partial charge >= 0.3 is 18.2 Å². The molecule has 0 spiro atoms. The molecule has 31 heavy (non-hydrogen) atoms. The molecule has 2 N–H and O–H groups in total. The van der Waals surface area contributed by atoms with Crippen molar-refractivity contribution in [3.8, 4) is 5.69 Å². The van der Waals surface area contributed by atoms with Crippen LogP contribution in [0.25, 0.3) is 5.69 Å². The monoisotopic (exact) mass is 442 g/mol. The van der Waals surface area contributed by atoms with E-state index in [0.717, 1.165) is 4.68 Å². The Bertz CT molecular complexity index is 935. The van der Waals surface area contributed by atoms with Gasteiger partial charge < -0.3 is 20.1 Å². The summed E-state index contributed by atoms with van der Waals surface area (Å²) in [4.78, 5) is 25.4. The first-order valence-electron chi connectivity index (χ1n) is 9.44. The second-order valence-corrected chi connectivity index (χ2v) is 7.80. The molecule has 0 saturated heterocycles. The van der Waals surface area contributed by atoms with Crippen LogP contribution in [0.3, 0.4) is 0 Å². The summed E-state index contributed by atoms with van der Waals surface area (Å²) in [6.45, 7) is 6.16. The number of carbonyl (C=O) groups excluding carboxylic acids is 1. The van der Waals surface area contributed by atoms with E-state index in [4.69, 9.17) is 4.74 Å². The van der Waals surface area contributed by atoms with Crippen molar-refractivity contribution in [2.75, 3.05) is 20.1 Å². The Kier molecular flexibility index (Phi) is 7.32. The van der Waals surface area contributed by atoms with Crippen molar-refractivity contribution in [2.45, 2.75) is 39.1 Å². The highest BCUT2D eigenvalue weighted by Crippen LogP contribution is 2.29. The summed E-state index contributed by atoms with van der Waals surface area (Å²) < 4.78 is 45.2. The van der Waals surface area contributed by atoms with Gasteiger partial charge in [-0.15, -0.1) is 0 Å². The standard InChI is InChI=1S/C20H25F3N4O4/c1-19(2,3)31-18(30)26(9-8-24-4)12-13-6-5-7-14(10-13)27-15(17(28)29)11-16(25-27)20(21,22)23/h5-7,10-11,24H,8-9,12H2,1-4H3,(H,28,29). The van der Waals surface area contributed by atoms with Gasteiger partial charge in [-0.05, 0) is 45.5 Å². The van der Waals surface area contributed by atoms with E-state index < -0.39 is 35.2 Å². The number of benzene rings is 1. The van der Waals surface area contributed by atoms with E-state index in [0.29, 0.717) is 24.7 Å². The maximum atomic E-state index is 13.0. The summed E-state index contributed by atoms with van der Waals surface area (Å²) in [5, 5.41) is 15.7. The van der Waals surface area contributed by atoms with Crippen molar-refractivity contribution in [1.82, 2.24) is 20.0 Å². The highest BCUT2D eigenvalue weighted by Gasteiger charge is 2.36. The predicted octanol–water partition coefficient (Wildman–Crippen LogP) is 3.55. The Morgan fingerprint density at radius 1 is 1.23 bits per heavy atom. The molecular weight excluding hydrogens is 417 g/mol. The summed E-state index contributed by atoms with van der Waals surface area (Å²) in [7, 11) is 1.73. The first kappa shape index (κ1) is 24.2. The van der Waals surface area contributed by atoms with Crippen molar-refractivity contribution < 1.29 is 32.6 Å².